The van der Waals surface area contributed by atoms with Gasteiger partial charge in [0.05, 0.1) is 0 Å². The van der Waals surface area contributed by atoms with E-state index in [9.17, 15) is 9.90 Å². The Morgan fingerprint density at radius 3 is 2.60 bits per heavy atom. The molecule has 1 heterocycles. The van der Waals surface area contributed by atoms with Crippen molar-refractivity contribution in [2.45, 2.75) is 42.6 Å². The Hall–Kier alpha value is -1.04. The van der Waals surface area contributed by atoms with Crippen molar-refractivity contribution >= 4 is 17.7 Å². The summed E-state index contributed by atoms with van der Waals surface area (Å²) in [7, 11) is 0. The number of carbonyl (C=O) groups is 1. The Labute approximate surface area is 91.3 Å². The number of thioether (sulfide) groups is 1. The fraction of sp³-hybridized carbons (Fsp3) is 0.667. The lowest BCUT2D eigenvalue weighted by molar-refractivity contribution is -0.139. The highest BCUT2D eigenvalue weighted by molar-refractivity contribution is 8.01. The number of hydrogen-bond acceptors (Lipinski definition) is 5. The Morgan fingerprint density at radius 2 is 2.13 bits per heavy atom. The van der Waals surface area contributed by atoms with Crippen LogP contribution in [0.4, 0.5) is 0 Å². The van der Waals surface area contributed by atoms with Gasteiger partial charge in [0, 0.05) is 6.92 Å². The van der Waals surface area contributed by atoms with E-state index < -0.39 is 10.7 Å². The summed E-state index contributed by atoms with van der Waals surface area (Å²) >= 11 is 1.19. The average molecular weight is 228 g/mol. The van der Waals surface area contributed by atoms with Crippen LogP contribution >= 0.6 is 11.8 Å². The second-order valence-corrected chi connectivity index (χ2v) is 5.03. The molecule has 1 aromatic heterocycles. The zero-order chi connectivity index (χ0) is 10.9. The molecule has 15 heavy (non-hydrogen) atoms. The number of carboxylic acids is 1. The van der Waals surface area contributed by atoms with E-state index in [0.29, 0.717) is 24.0 Å². The van der Waals surface area contributed by atoms with Gasteiger partial charge in [0.25, 0.3) is 5.22 Å². The first-order chi connectivity index (χ1) is 7.12. The molecular formula is C9H12N2O3S. The summed E-state index contributed by atoms with van der Waals surface area (Å²) in [6, 6.07) is 0. The lowest BCUT2D eigenvalue weighted by Crippen LogP contribution is -2.31. The van der Waals surface area contributed by atoms with Crippen molar-refractivity contribution in [3.05, 3.63) is 5.89 Å². The highest BCUT2D eigenvalue weighted by atomic mass is 32.2. The molecule has 1 fully saturated rings. The minimum atomic E-state index is -0.777. The van der Waals surface area contributed by atoms with Crippen LogP contribution in [0.3, 0.4) is 0 Å². The fourth-order valence-electron chi connectivity index (χ4n) is 1.79. The zero-order valence-electron chi connectivity index (χ0n) is 8.39. The summed E-state index contributed by atoms with van der Waals surface area (Å²) < 4.78 is 4.45. The van der Waals surface area contributed by atoms with E-state index in [4.69, 9.17) is 4.42 Å². The molecule has 0 spiro atoms. The maximum atomic E-state index is 11.2. The lowest BCUT2D eigenvalue weighted by Gasteiger charge is -2.20. The maximum Gasteiger partial charge on any atom is 0.320 e. The third kappa shape index (κ3) is 1.99. The van der Waals surface area contributed by atoms with Crippen LogP contribution in [0.1, 0.15) is 31.6 Å². The average Bonchev–Trinajstić information content (AvgIpc) is 2.77. The van der Waals surface area contributed by atoms with Gasteiger partial charge in [-0.25, -0.2) is 0 Å². The van der Waals surface area contributed by atoms with E-state index in [1.54, 1.807) is 6.92 Å². The topological polar surface area (TPSA) is 76.2 Å². The Kier molecular flexibility index (Phi) is 2.68. The molecule has 1 saturated carbocycles. The number of aromatic nitrogens is 2. The van der Waals surface area contributed by atoms with Crippen molar-refractivity contribution in [2.24, 2.45) is 0 Å². The van der Waals surface area contributed by atoms with Crippen molar-refractivity contribution in [1.82, 2.24) is 10.2 Å². The number of hydrogen-bond donors (Lipinski definition) is 1. The molecule has 0 atom stereocenters. The smallest absolute Gasteiger partial charge is 0.320 e. The van der Waals surface area contributed by atoms with Crippen LogP contribution in [0, 0.1) is 6.92 Å². The predicted octanol–water partition coefficient (Wildman–Crippen LogP) is 1.87. The van der Waals surface area contributed by atoms with Crippen molar-refractivity contribution in [2.75, 3.05) is 0 Å². The Balaban J connectivity index is 2.17. The molecule has 0 bridgehead atoms. The molecule has 0 radical (unpaired) electrons. The molecular weight excluding hydrogens is 216 g/mol. The van der Waals surface area contributed by atoms with Crippen LogP contribution in [0.2, 0.25) is 0 Å². The normalized spacial score (nSPS) is 19.3. The molecule has 0 unspecified atom stereocenters. The summed E-state index contributed by atoms with van der Waals surface area (Å²) in [6.45, 7) is 1.69. The minimum absolute atomic E-state index is 0.358. The van der Waals surface area contributed by atoms with Gasteiger partial charge in [0.1, 0.15) is 4.75 Å². The van der Waals surface area contributed by atoms with E-state index in [-0.39, 0.29) is 0 Å². The van der Waals surface area contributed by atoms with Gasteiger partial charge >= 0.3 is 5.97 Å². The molecule has 82 valence electrons. The predicted molar refractivity (Wildman–Crippen MR) is 53.7 cm³/mol. The van der Waals surface area contributed by atoms with E-state index in [0.717, 1.165) is 12.8 Å². The van der Waals surface area contributed by atoms with Crippen LogP contribution in [0.15, 0.2) is 9.64 Å². The van der Waals surface area contributed by atoms with Crippen LogP contribution in [0.25, 0.3) is 0 Å². The number of aliphatic carboxylic acids is 1. The van der Waals surface area contributed by atoms with E-state index in [1.807, 2.05) is 0 Å². The second kappa shape index (κ2) is 3.84. The summed E-state index contributed by atoms with van der Waals surface area (Å²) in [5.41, 5.74) is 0. The lowest BCUT2D eigenvalue weighted by atomic mass is 10.1. The first-order valence-electron chi connectivity index (χ1n) is 4.85. The fourth-order valence-corrected chi connectivity index (χ4v) is 2.95. The third-order valence-electron chi connectivity index (χ3n) is 2.59. The Bertz CT molecular complexity index is 371. The monoisotopic (exact) mass is 228 g/mol. The van der Waals surface area contributed by atoms with Crippen LogP contribution < -0.4 is 0 Å². The Morgan fingerprint density at radius 1 is 1.47 bits per heavy atom. The van der Waals surface area contributed by atoms with Gasteiger partial charge in [0.15, 0.2) is 0 Å². The number of nitrogens with zero attached hydrogens (tertiary/aromatic N) is 2. The molecule has 1 aliphatic carbocycles. The van der Waals surface area contributed by atoms with Gasteiger partial charge in [-0.2, -0.15) is 0 Å². The van der Waals surface area contributed by atoms with Gasteiger partial charge in [-0.05, 0) is 24.6 Å². The third-order valence-corrected chi connectivity index (χ3v) is 3.90. The molecule has 0 aromatic carbocycles. The van der Waals surface area contributed by atoms with E-state index in [2.05, 4.69) is 10.2 Å². The SMILES string of the molecule is Cc1nnc(SC2(C(=O)O)CCCC2)o1. The van der Waals surface area contributed by atoms with Crippen LogP contribution in [-0.2, 0) is 4.79 Å². The van der Waals surface area contributed by atoms with Gasteiger partial charge in [-0.3, -0.25) is 4.79 Å². The van der Waals surface area contributed by atoms with Gasteiger partial charge in [0.2, 0.25) is 5.89 Å². The first kappa shape index (κ1) is 10.5. The van der Waals surface area contributed by atoms with Crippen molar-refractivity contribution in [3.63, 3.8) is 0 Å². The van der Waals surface area contributed by atoms with Crippen LogP contribution in [-0.4, -0.2) is 26.0 Å². The van der Waals surface area contributed by atoms with Crippen molar-refractivity contribution < 1.29 is 14.3 Å². The minimum Gasteiger partial charge on any atom is -0.480 e. The quantitative estimate of drug-likeness (QED) is 0.851. The van der Waals surface area contributed by atoms with Crippen LogP contribution in [0.5, 0.6) is 0 Å². The molecule has 0 saturated heterocycles. The summed E-state index contributed by atoms with van der Waals surface area (Å²) in [5.74, 6) is -0.308. The standard InChI is InChI=1S/C9H12N2O3S/c1-6-10-11-8(14-6)15-9(7(12)13)4-2-3-5-9/h2-5H2,1H3,(H,12,13). The summed E-state index contributed by atoms with van der Waals surface area (Å²) in [6.07, 6.45) is 3.25. The maximum absolute atomic E-state index is 11.2. The number of carboxylic acid groups (broad SMARTS) is 1. The molecule has 5 nitrogen and oxygen atoms in total. The second-order valence-electron chi connectivity index (χ2n) is 3.70. The summed E-state index contributed by atoms with van der Waals surface area (Å²) in [4.78, 5) is 11.2. The molecule has 0 aliphatic heterocycles. The number of aryl methyl sites for hydroxylation is 1. The molecule has 1 aromatic rings. The van der Waals surface area contributed by atoms with Gasteiger partial charge in [-0.15, -0.1) is 10.2 Å². The molecule has 1 N–H and O–H groups in total. The van der Waals surface area contributed by atoms with E-state index in [1.165, 1.54) is 11.8 Å². The molecule has 2 rings (SSSR count). The van der Waals surface area contributed by atoms with Gasteiger partial charge < -0.3 is 9.52 Å². The highest BCUT2D eigenvalue weighted by Crippen LogP contribution is 2.44. The van der Waals surface area contributed by atoms with Crippen molar-refractivity contribution in [3.8, 4) is 0 Å². The number of rotatable bonds is 3. The van der Waals surface area contributed by atoms with Gasteiger partial charge in [-0.1, -0.05) is 12.8 Å². The zero-order valence-corrected chi connectivity index (χ0v) is 9.21. The summed E-state index contributed by atoms with van der Waals surface area (Å²) in [5, 5.41) is 17.1. The molecule has 6 heteroatoms. The largest absolute Gasteiger partial charge is 0.480 e. The first-order valence-corrected chi connectivity index (χ1v) is 5.67. The molecule has 0 amide bonds. The van der Waals surface area contributed by atoms with E-state index >= 15 is 0 Å². The van der Waals surface area contributed by atoms with Crippen molar-refractivity contribution in [1.29, 1.82) is 0 Å². The molecule has 1 aliphatic rings. The highest BCUT2D eigenvalue weighted by Gasteiger charge is 2.43.